The van der Waals surface area contributed by atoms with E-state index in [0.29, 0.717) is 6.42 Å². The van der Waals surface area contributed by atoms with Crippen molar-refractivity contribution < 1.29 is 19.5 Å². The number of aryl methyl sites for hydroxylation is 1. The Bertz CT molecular complexity index is 1220. The largest absolute Gasteiger partial charge is 0.478 e. The number of para-hydroxylation sites is 1. The lowest BCUT2D eigenvalue weighted by Gasteiger charge is -2.37. The van der Waals surface area contributed by atoms with Crippen molar-refractivity contribution in [3.05, 3.63) is 47.7 Å². The molecule has 1 heterocycles. The van der Waals surface area contributed by atoms with Gasteiger partial charge in [-0.15, -0.1) is 0 Å². The quantitative estimate of drug-likeness (QED) is 0.365. The molecule has 0 aliphatic heterocycles. The van der Waals surface area contributed by atoms with E-state index >= 15 is 0 Å². The van der Waals surface area contributed by atoms with Gasteiger partial charge in [-0.05, 0) is 43.4 Å². The predicted molar refractivity (Wildman–Crippen MR) is 158 cm³/mol. The molecule has 2 amide bonds. The maximum Gasteiger partial charge on any atom is 0.331 e. The van der Waals surface area contributed by atoms with Gasteiger partial charge in [0.2, 0.25) is 11.8 Å². The van der Waals surface area contributed by atoms with Gasteiger partial charge in [-0.1, -0.05) is 72.7 Å². The van der Waals surface area contributed by atoms with Gasteiger partial charge in [-0.3, -0.25) is 9.59 Å². The fourth-order valence-electron chi connectivity index (χ4n) is 5.37. The van der Waals surface area contributed by atoms with Crippen molar-refractivity contribution in [2.45, 2.75) is 85.4 Å². The van der Waals surface area contributed by atoms with Gasteiger partial charge < -0.3 is 25.2 Å². The molecule has 0 unspecified atom stereocenters. The van der Waals surface area contributed by atoms with Gasteiger partial charge in [0, 0.05) is 42.2 Å². The monoisotopic (exact) mass is 540 g/mol. The number of carbonyl (C=O) groups is 3. The fourth-order valence-corrected chi connectivity index (χ4v) is 5.37. The predicted octanol–water partition coefficient (Wildman–Crippen LogP) is 4.48. The summed E-state index contributed by atoms with van der Waals surface area (Å²) in [7, 11) is 5.43. The van der Waals surface area contributed by atoms with E-state index in [9.17, 15) is 19.5 Å². The van der Waals surface area contributed by atoms with Gasteiger partial charge in [-0.25, -0.2) is 4.79 Å². The Hall–Kier alpha value is -3.13. The summed E-state index contributed by atoms with van der Waals surface area (Å²) in [5.41, 5.74) is 1.47. The molecule has 0 fully saturated rings. The smallest absolute Gasteiger partial charge is 0.331 e. The lowest BCUT2D eigenvalue weighted by Crippen LogP contribution is -2.59. The van der Waals surface area contributed by atoms with Gasteiger partial charge >= 0.3 is 5.97 Å². The summed E-state index contributed by atoms with van der Waals surface area (Å²) in [6, 6.07) is 6.30. The molecule has 0 aliphatic rings. The average molecular weight is 541 g/mol. The Morgan fingerprint density at radius 2 is 1.69 bits per heavy atom. The van der Waals surface area contributed by atoms with Gasteiger partial charge in [0.15, 0.2) is 0 Å². The molecule has 216 valence electrons. The molecule has 8 nitrogen and oxygen atoms in total. The number of hydrogen-bond acceptors (Lipinski definition) is 4. The SMILES string of the molecule is CN[C@H](C(=O)N[C@@H](CC(C)(C)C)C(=O)N(C)[C@H](/C=C(\C)C(=O)O)C(C)C)C(C)(C)c1cn(C)c2ccccc12. The second kappa shape index (κ2) is 12.4. The normalized spacial score (nSPS) is 15.2. The summed E-state index contributed by atoms with van der Waals surface area (Å²) in [6.07, 6.45) is 4.11. The molecule has 0 bridgehead atoms. The van der Waals surface area contributed by atoms with E-state index in [1.54, 1.807) is 25.1 Å². The Morgan fingerprint density at radius 3 is 2.21 bits per heavy atom. The number of nitrogens with zero attached hydrogens (tertiary/aromatic N) is 2. The van der Waals surface area contributed by atoms with Crippen molar-refractivity contribution >= 4 is 28.7 Å². The van der Waals surface area contributed by atoms with Crippen LogP contribution in [0.5, 0.6) is 0 Å². The van der Waals surface area contributed by atoms with E-state index in [2.05, 4.69) is 33.5 Å². The number of fused-ring (bicyclic) bond motifs is 1. The van der Waals surface area contributed by atoms with Crippen LogP contribution in [0.1, 0.15) is 67.4 Å². The van der Waals surface area contributed by atoms with E-state index in [1.165, 1.54) is 6.92 Å². The summed E-state index contributed by atoms with van der Waals surface area (Å²) < 4.78 is 2.07. The van der Waals surface area contributed by atoms with E-state index in [0.717, 1.165) is 16.5 Å². The molecule has 3 N–H and O–H groups in total. The third-order valence-corrected chi connectivity index (χ3v) is 7.53. The Kier molecular flexibility index (Phi) is 10.2. The molecule has 3 atom stereocenters. The second-order valence-corrected chi connectivity index (χ2v) is 12.8. The van der Waals surface area contributed by atoms with Gasteiger partial charge in [-0.2, -0.15) is 0 Å². The Balaban J connectivity index is 2.44. The fraction of sp³-hybridized carbons (Fsp3) is 0.581. The molecule has 0 saturated heterocycles. The molecule has 2 rings (SSSR count). The van der Waals surface area contributed by atoms with Gasteiger partial charge in [0.25, 0.3) is 0 Å². The first-order valence-electron chi connectivity index (χ1n) is 13.6. The number of nitrogens with one attached hydrogen (secondary N) is 2. The molecule has 0 aliphatic carbocycles. The minimum absolute atomic E-state index is 0.0189. The molecule has 39 heavy (non-hydrogen) atoms. The second-order valence-electron chi connectivity index (χ2n) is 12.8. The summed E-state index contributed by atoms with van der Waals surface area (Å²) in [6.45, 7) is 15.6. The van der Waals surface area contributed by atoms with Crippen molar-refractivity contribution in [1.29, 1.82) is 0 Å². The minimum atomic E-state index is -1.02. The van der Waals surface area contributed by atoms with Crippen LogP contribution >= 0.6 is 0 Å². The number of likely N-dealkylation sites (N-methyl/N-ethyl adjacent to an activating group) is 2. The molecular weight excluding hydrogens is 492 g/mol. The van der Waals surface area contributed by atoms with Crippen LogP contribution in [0.3, 0.4) is 0 Å². The summed E-state index contributed by atoms with van der Waals surface area (Å²) in [5, 5.41) is 16.8. The number of carbonyl (C=O) groups excluding carboxylic acids is 2. The van der Waals surface area contributed by atoms with Crippen LogP contribution in [0.2, 0.25) is 0 Å². The lowest BCUT2D eigenvalue weighted by molar-refractivity contribution is -0.138. The Labute approximate surface area is 233 Å². The van der Waals surface area contributed by atoms with Crippen LogP contribution in [0.25, 0.3) is 10.9 Å². The van der Waals surface area contributed by atoms with Crippen molar-refractivity contribution in [3.63, 3.8) is 0 Å². The average Bonchev–Trinajstić information content (AvgIpc) is 3.17. The third-order valence-electron chi connectivity index (χ3n) is 7.53. The minimum Gasteiger partial charge on any atom is -0.478 e. The molecule has 8 heteroatoms. The van der Waals surface area contributed by atoms with Crippen LogP contribution in [0, 0.1) is 11.3 Å². The van der Waals surface area contributed by atoms with Gasteiger partial charge in [0.1, 0.15) is 6.04 Å². The van der Waals surface area contributed by atoms with Crippen LogP contribution in [0.4, 0.5) is 0 Å². The number of aliphatic carboxylic acids is 1. The first-order valence-corrected chi connectivity index (χ1v) is 13.6. The topological polar surface area (TPSA) is 104 Å². The number of aromatic nitrogens is 1. The highest BCUT2D eigenvalue weighted by atomic mass is 16.4. The van der Waals surface area contributed by atoms with Crippen LogP contribution in [-0.4, -0.2) is 64.6 Å². The zero-order valence-electron chi connectivity index (χ0n) is 25.5. The number of hydrogen-bond donors (Lipinski definition) is 3. The zero-order valence-corrected chi connectivity index (χ0v) is 25.5. The van der Waals surface area contributed by atoms with Crippen LogP contribution < -0.4 is 10.6 Å². The van der Waals surface area contributed by atoms with E-state index in [4.69, 9.17) is 0 Å². The third kappa shape index (κ3) is 7.50. The molecule has 0 radical (unpaired) electrons. The zero-order chi connectivity index (χ0) is 29.9. The van der Waals surface area contributed by atoms with E-state index in [1.807, 2.05) is 67.6 Å². The number of amides is 2. The summed E-state index contributed by atoms with van der Waals surface area (Å²) in [5.74, 6) is -1.54. The standard InChI is InChI=1S/C31H48N4O4/c1-19(2)25(16-20(3)29(38)39)35(11)28(37)23(17-30(4,5)6)33-27(36)26(32-9)31(7,8)22-18-34(10)24-15-13-12-14-21(22)24/h12-16,18-19,23,25-26,32H,17H2,1-11H3,(H,33,36)(H,38,39)/b20-16+/t23-,25+,26+/m0/s1. The van der Waals surface area contributed by atoms with E-state index < -0.39 is 29.5 Å². The molecular formula is C31H48N4O4. The molecule has 1 aromatic carbocycles. The van der Waals surface area contributed by atoms with Crippen LogP contribution in [0.15, 0.2) is 42.1 Å². The highest BCUT2D eigenvalue weighted by molar-refractivity contribution is 5.92. The van der Waals surface area contributed by atoms with E-state index in [-0.39, 0.29) is 28.7 Å². The van der Waals surface area contributed by atoms with Crippen molar-refractivity contribution in [1.82, 2.24) is 20.1 Å². The lowest BCUT2D eigenvalue weighted by atomic mass is 9.77. The van der Waals surface area contributed by atoms with Crippen molar-refractivity contribution in [3.8, 4) is 0 Å². The molecule has 1 aromatic heterocycles. The molecule has 0 saturated carbocycles. The number of carboxylic acids is 1. The first kappa shape index (κ1) is 32.1. The molecule has 2 aromatic rings. The maximum atomic E-state index is 13.9. The summed E-state index contributed by atoms with van der Waals surface area (Å²) in [4.78, 5) is 40.8. The Morgan fingerprint density at radius 1 is 1.10 bits per heavy atom. The highest BCUT2D eigenvalue weighted by Crippen LogP contribution is 2.34. The highest BCUT2D eigenvalue weighted by Gasteiger charge is 2.40. The summed E-state index contributed by atoms with van der Waals surface area (Å²) >= 11 is 0. The number of rotatable bonds is 11. The number of benzene rings is 1. The molecule has 0 spiro atoms. The van der Waals surface area contributed by atoms with Crippen molar-refractivity contribution in [2.75, 3.05) is 14.1 Å². The maximum absolute atomic E-state index is 13.9. The van der Waals surface area contributed by atoms with Crippen molar-refractivity contribution in [2.24, 2.45) is 18.4 Å². The van der Waals surface area contributed by atoms with Crippen LogP contribution in [-0.2, 0) is 26.8 Å². The number of carboxylic acid groups (broad SMARTS) is 1. The first-order chi connectivity index (χ1) is 17.9. The van der Waals surface area contributed by atoms with Gasteiger partial charge in [0.05, 0.1) is 12.1 Å².